The zero-order valence-corrected chi connectivity index (χ0v) is 51.5. The summed E-state index contributed by atoms with van der Waals surface area (Å²) < 4.78 is 136. The second-order valence-electron chi connectivity index (χ2n) is 22.0. The number of Topliss-reactive ketones (excluding diaryl/α,β-unsaturated/α-hetero) is 1. The van der Waals surface area contributed by atoms with Crippen molar-refractivity contribution in [3.8, 4) is 5.75 Å². The number of nitrogens with zero attached hydrogens (tertiary/aromatic N) is 1. The van der Waals surface area contributed by atoms with Gasteiger partial charge in [-0.1, -0.05) is 113 Å². The Hall–Kier alpha value is -7.80. The predicted octanol–water partition coefficient (Wildman–Crippen LogP) is 15.0. The zero-order valence-electron chi connectivity index (χ0n) is 49.9. The maximum absolute atomic E-state index is 12.4. The Labute approximate surface area is 535 Å². The molecular weight excluding hydrogens is 1250 g/mol. The molecular formula is C67H85F6NO16S2. The van der Waals surface area contributed by atoms with Crippen molar-refractivity contribution in [2.24, 2.45) is 23.7 Å². The number of sulfonamides is 2. The molecule has 0 unspecified atom stereocenters. The maximum Gasteiger partial charge on any atom is 0.517 e. The standard InChI is InChI=1S/C15H18O3.C14H16O4.C14H18O2.C13H16O3.C8H5F6NO4S2.3CH4/c1-10(16)12-4-3-5-13(8-12)14(11-6-7-11)9-15(17)18-2;1-18-13(15)8-12(9-5-6-9)10-3-2-4-11(7-10)14(16)17;1-10-4-3-5-12(8-10)13(11-6-7-11)9-14(15)16-2;1-16-13(15)8-12(9-5-6-9)10-3-2-4-11(14)7-10;9-7(10,11)20(16,17)15(6-4-2-1-3-5-6)21(18,19)8(12,13)14;;;/h3-5,8,11,14H,6-7,9H2,1-2H3;2-4,7,9,12H,5-6,8H2,1H3,(H,16,17);3-5,8,11,13H,6-7,9H2,1-2H3;2-4,7,9,12,14H,5-6,8H2,1H3;1-5H;3*1H4/t14-;12-;13-;12-;;;;/m0000..../s1. The molecule has 5 aromatic carbocycles. The topological polar surface area (TPSA) is 251 Å². The van der Waals surface area contributed by atoms with E-state index in [1.807, 2.05) is 42.5 Å². The molecule has 4 fully saturated rings. The number of esters is 4. The first-order valence-electron chi connectivity index (χ1n) is 28.4. The monoisotopic (exact) mass is 1340 g/mol. The number of carboxylic acid groups (broad SMARTS) is 1. The lowest BCUT2D eigenvalue weighted by molar-refractivity contribution is -0.142. The largest absolute Gasteiger partial charge is 0.517 e. The summed E-state index contributed by atoms with van der Waals surface area (Å²) in [4.78, 5) is 67.9. The summed E-state index contributed by atoms with van der Waals surface area (Å²) in [7, 11) is -7.95. The number of benzene rings is 5. The number of aromatic carboxylic acids is 1. The van der Waals surface area contributed by atoms with Crippen LogP contribution in [-0.2, 0) is 58.2 Å². The smallest absolute Gasteiger partial charge is 0.508 e. The molecule has 9 rings (SSSR count). The van der Waals surface area contributed by atoms with E-state index >= 15 is 0 Å². The minimum Gasteiger partial charge on any atom is -0.508 e. The molecule has 0 bridgehead atoms. The number of ketones is 1. The average molecular weight is 1340 g/mol. The van der Waals surface area contributed by atoms with Crippen molar-refractivity contribution in [2.45, 2.75) is 148 Å². The fourth-order valence-corrected chi connectivity index (χ4v) is 12.7. The number of aryl methyl sites for hydroxylation is 1. The summed E-state index contributed by atoms with van der Waals surface area (Å²) in [6.07, 6.45) is 11.0. The van der Waals surface area contributed by atoms with Gasteiger partial charge in [0.05, 0.1) is 65.4 Å². The Morgan fingerprint density at radius 3 is 1.07 bits per heavy atom. The molecule has 92 heavy (non-hydrogen) atoms. The third-order valence-corrected chi connectivity index (χ3v) is 18.9. The fourth-order valence-electron chi connectivity index (χ4n) is 9.96. The normalized spacial score (nSPS) is 15.3. The van der Waals surface area contributed by atoms with Crippen LogP contribution in [0.15, 0.2) is 127 Å². The first-order chi connectivity index (χ1) is 41.9. The highest BCUT2D eigenvalue weighted by molar-refractivity contribution is 8.11. The molecule has 0 aliphatic heterocycles. The van der Waals surface area contributed by atoms with Crippen molar-refractivity contribution in [1.29, 1.82) is 0 Å². The predicted molar refractivity (Wildman–Crippen MR) is 337 cm³/mol. The summed E-state index contributed by atoms with van der Waals surface area (Å²) in [5, 5.41) is 18.4. The number of hydrogen-bond donors (Lipinski definition) is 2. The molecule has 4 saturated carbocycles. The Morgan fingerprint density at radius 2 is 0.772 bits per heavy atom. The number of para-hydroxylation sites is 1. The van der Waals surface area contributed by atoms with Crippen molar-refractivity contribution in [1.82, 2.24) is 0 Å². The first-order valence-corrected chi connectivity index (χ1v) is 31.3. The number of rotatable bonds is 21. The lowest BCUT2D eigenvalue weighted by atomic mass is 9.89. The van der Waals surface area contributed by atoms with Gasteiger partial charge in [0.25, 0.3) is 0 Å². The molecule has 508 valence electrons. The van der Waals surface area contributed by atoms with Crippen LogP contribution in [0.25, 0.3) is 0 Å². The molecule has 0 spiro atoms. The van der Waals surface area contributed by atoms with E-state index in [2.05, 4.69) is 31.2 Å². The number of methoxy groups -OCH3 is 4. The number of carbonyl (C=O) groups excluding carboxylic acids is 5. The van der Waals surface area contributed by atoms with Gasteiger partial charge in [0.15, 0.2) is 5.78 Å². The van der Waals surface area contributed by atoms with Gasteiger partial charge >= 0.3 is 60.9 Å². The Balaban J connectivity index is 0.000000390. The SMILES string of the molecule is C.C.C.COC(=O)C[C@H](c1cccc(C(=O)O)c1)C1CC1.COC(=O)C[C@H](c1cccc(C(C)=O)c1)C1CC1.COC(=O)C[C@H](c1cccc(C)c1)C1CC1.COC(=O)C[C@H](c1cccc(O)c1)C1CC1.O=S(=O)(N(c1ccccc1)S(=O)(=O)C(F)(F)F)C(F)(F)F. The summed E-state index contributed by atoms with van der Waals surface area (Å²) in [6, 6.07) is 33.9. The second kappa shape index (κ2) is 35.9. The summed E-state index contributed by atoms with van der Waals surface area (Å²) in [5.74, 6) is 1.79. The van der Waals surface area contributed by atoms with E-state index in [0.717, 1.165) is 73.4 Å². The number of carboxylic acids is 1. The van der Waals surface area contributed by atoms with E-state index in [0.29, 0.717) is 73.0 Å². The third-order valence-electron chi connectivity index (χ3n) is 15.3. The van der Waals surface area contributed by atoms with Gasteiger partial charge in [-0.2, -0.15) is 43.2 Å². The van der Waals surface area contributed by atoms with E-state index < -0.39 is 46.4 Å². The van der Waals surface area contributed by atoms with Gasteiger partial charge in [-0.15, -0.1) is 3.71 Å². The van der Waals surface area contributed by atoms with Crippen LogP contribution in [0, 0.1) is 30.6 Å². The van der Waals surface area contributed by atoms with Gasteiger partial charge in [-0.05, 0) is 177 Å². The first kappa shape index (κ1) is 80.3. The maximum atomic E-state index is 12.4. The number of hydrogen-bond acceptors (Lipinski definition) is 15. The molecule has 4 aliphatic rings. The van der Waals surface area contributed by atoms with Crippen LogP contribution in [0.3, 0.4) is 0 Å². The number of anilines is 1. The van der Waals surface area contributed by atoms with E-state index in [-0.39, 0.29) is 81.0 Å². The quantitative estimate of drug-likeness (QED) is 0.0300. The van der Waals surface area contributed by atoms with Gasteiger partial charge in [0.2, 0.25) is 0 Å². The van der Waals surface area contributed by atoms with Gasteiger partial charge < -0.3 is 29.2 Å². The Bertz CT molecular complexity index is 3250. The van der Waals surface area contributed by atoms with E-state index in [9.17, 15) is 77.1 Å². The van der Waals surface area contributed by atoms with Crippen molar-refractivity contribution >= 4 is 61.4 Å². The van der Waals surface area contributed by atoms with Gasteiger partial charge in [-0.3, -0.25) is 24.0 Å². The molecule has 5 aromatic rings. The number of alkyl halides is 6. The Morgan fingerprint density at radius 1 is 0.467 bits per heavy atom. The van der Waals surface area contributed by atoms with Gasteiger partial charge in [0.1, 0.15) is 5.75 Å². The number of ether oxygens (including phenoxy) is 4. The highest BCUT2D eigenvalue weighted by atomic mass is 32.3. The van der Waals surface area contributed by atoms with Crippen molar-refractivity contribution in [3.05, 3.63) is 166 Å². The van der Waals surface area contributed by atoms with E-state index in [4.69, 9.17) is 24.1 Å². The minimum absolute atomic E-state index is 0. The molecule has 4 atom stereocenters. The summed E-state index contributed by atoms with van der Waals surface area (Å²) in [6.45, 7) is 3.65. The summed E-state index contributed by atoms with van der Waals surface area (Å²) in [5.41, 5.74) is -7.23. The second-order valence-corrected chi connectivity index (χ2v) is 25.7. The number of halogens is 6. The number of carbonyl (C=O) groups is 6. The van der Waals surface area contributed by atoms with Crippen LogP contribution in [0.5, 0.6) is 5.75 Å². The van der Waals surface area contributed by atoms with Crippen molar-refractivity contribution in [3.63, 3.8) is 0 Å². The third kappa shape index (κ3) is 24.0. The molecule has 0 radical (unpaired) electrons. The minimum atomic E-state index is -6.81. The lowest BCUT2D eigenvalue weighted by Crippen LogP contribution is -2.49. The van der Waals surface area contributed by atoms with Crippen LogP contribution in [0.2, 0.25) is 0 Å². The molecule has 0 heterocycles. The van der Waals surface area contributed by atoms with Crippen molar-refractivity contribution in [2.75, 3.05) is 32.1 Å². The highest BCUT2D eigenvalue weighted by Crippen LogP contribution is 2.48. The van der Waals surface area contributed by atoms with Crippen molar-refractivity contribution < 1.29 is 101 Å². The van der Waals surface area contributed by atoms with Gasteiger partial charge in [0, 0.05) is 5.56 Å². The number of aromatic hydroxyl groups is 1. The Kier molecular flexibility index (Phi) is 31.3. The molecule has 25 heteroatoms. The zero-order chi connectivity index (χ0) is 66.0. The molecule has 2 N–H and O–H groups in total. The highest BCUT2D eigenvalue weighted by Gasteiger charge is 2.61. The van der Waals surface area contributed by atoms with E-state index in [1.54, 1.807) is 37.3 Å². The average Bonchev–Trinajstić information content (AvgIpc) is 1.15. The molecule has 17 nitrogen and oxygen atoms in total. The number of phenols is 1. The number of phenolic OH excluding ortho intramolecular Hbond substituents is 1. The molecule has 4 aliphatic carbocycles. The summed E-state index contributed by atoms with van der Waals surface area (Å²) >= 11 is 0. The lowest BCUT2D eigenvalue weighted by Gasteiger charge is -2.25. The fraction of sp³-hybridized carbons (Fsp3) is 0.463. The van der Waals surface area contributed by atoms with Crippen LogP contribution in [0.1, 0.15) is 178 Å². The molecule has 0 saturated heterocycles. The van der Waals surface area contributed by atoms with Gasteiger partial charge in [-0.25, -0.2) is 4.79 Å². The van der Waals surface area contributed by atoms with Crippen LogP contribution >= 0.6 is 0 Å². The molecule has 0 aromatic heterocycles. The van der Waals surface area contributed by atoms with E-state index in [1.165, 1.54) is 52.4 Å². The van der Waals surface area contributed by atoms with Crippen LogP contribution in [0.4, 0.5) is 32.0 Å². The van der Waals surface area contributed by atoms with Crippen LogP contribution in [-0.4, -0.2) is 102 Å². The molecule has 0 amide bonds. The van der Waals surface area contributed by atoms with Crippen LogP contribution < -0.4 is 3.71 Å².